The molecule has 2 N–H and O–H groups in total. The van der Waals surface area contributed by atoms with E-state index < -0.39 is 16.2 Å². The summed E-state index contributed by atoms with van der Waals surface area (Å²) >= 11 is 0. The summed E-state index contributed by atoms with van der Waals surface area (Å²) in [4.78, 5) is 10.5. The molecule has 0 saturated carbocycles. The third kappa shape index (κ3) is 5.43. The van der Waals surface area contributed by atoms with Crippen LogP contribution in [0.5, 0.6) is 0 Å². The maximum atomic E-state index is 12.3. The molecular formula is C11H24N2O5S. The molecule has 0 aliphatic carbocycles. The van der Waals surface area contributed by atoms with Crippen molar-refractivity contribution in [1.82, 2.24) is 8.61 Å². The zero-order valence-electron chi connectivity index (χ0n) is 11.7. The van der Waals surface area contributed by atoms with Gasteiger partial charge in [0.25, 0.3) is 10.2 Å². The second-order valence-corrected chi connectivity index (χ2v) is 6.27. The summed E-state index contributed by atoms with van der Waals surface area (Å²) in [7, 11) is -2.39. The smallest absolute Gasteiger partial charge is 0.304 e. The zero-order valence-corrected chi connectivity index (χ0v) is 12.6. The van der Waals surface area contributed by atoms with Gasteiger partial charge in [-0.2, -0.15) is 17.0 Å². The van der Waals surface area contributed by atoms with E-state index in [1.807, 2.05) is 13.8 Å². The van der Waals surface area contributed by atoms with Gasteiger partial charge < -0.3 is 10.2 Å². The van der Waals surface area contributed by atoms with Crippen LogP contribution in [0.4, 0.5) is 0 Å². The molecule has 0 rings (SSSR count). The molecule has 0 bridgehead atoms. The van der Waals surface area contributed by atoms with Crippen LogP contribution in [-0.4, -0.2) is 66.0 Å². The predicted molar refractivity (Wildman–Crippen MR) is 72.0 cm³/mol. The number of carboxylic acid groups (broad SMARTS) is 1. The summed E-state index contributed by atoms with van der Waals surface area (Å²) in [5, 5.41) is 17.6. The molecule has 0 aliphatic rings. The molecule has 0 aliphatic heterocycles. The van der Waals surface area contributed by atoms with Crippen molar-refractivity contribution in [3.05, 3.63) is 0 Å². The van der Waals surface area contributed by atoms with Crippen molar-refractivity contribution >= 4 is 16.2 Å². The fourth-order valence-corrected chi connectivity index (χ4v) is 3.50. The number of carbonyl (C=O) groups is 1. The Balaban J connectivity index is 5.01. The largest absolute Gasteiger partial charge is 0.481 e. The van der Waals surface area contributed by atoms with Crippen molar-refractivity contribution in [1.29, 1.82) is 0 Å². The lowest BCUT2D eigenvalue weighted by molar-refractivity contribution is -0.137. The first-order valence-corrected chi connectivity index (χ1v) is 7.76. The van der Waals surface area contributed by atoms with E-state index in [-0.39, 0.29) is 32.2 Å². The Morgan fingerprint density at radius 2 is 1.74 bits per heavy atom. The summed E-state index contributed by atoms with van der Waals surface area (Å²) in [6, 6.07) is -0.190. The van der Waals surface area contributed by atoms with Gasteiger partial charge >= 0.3 is 5.97 Å². The predicted octanol–water partition coefficient (Wildman–Crippen LogP) is 0.121. The molecule has 8 heteroatoms. The van der Waals surface area contributed by atoms with Gasteiger partial charge in [-0.15, -0.1) is 0 Å². The number of hydrogen-bond donors (Lipinski definition) is 2. The Bertz CT molecular complexity index is 367. The number of aliphatic hydroxyl groups is 1. The number of nitrogens with zero attached hydrogens (tertiary/aromatic N) is 2. The van der Waals surface area contributed by atoms with Gasteiger partial charge in [-0.05, 0) is 12.8 Å². The molecule has 0 radical (unpaired) electrons. The first-order chi connectivity index (χ1) is 8.81. The Morgan fingerprint density at radius 1 is 1.21 bits per heavy atom. The SMILES string of the molecule is CCC(CC)N(CCO)S(=O)(=O)N(C)CCC(=O)O. The van der Waals surface area contributed by atoms with Gasteiger partial charge in [0.1, 0.15) is 0 Å². The third-order valence-electron chi connectivity index (χ3n) is 3.00. The van der Waals surface area contributed by atoms with Gasteiger partial charge in [0.05, 0.1) is 13.0 Å². The number of hydrogen-bond acceptors (Lipinski definition) is 4. The lowest BCUT2D eigenvalue weighted by Gasteiger charge is -2.32. The molecule has 0 atom stereocenters. The number of aliphatic hydroxyl groups excluding tert-OH is 1. The van der Waals surface area contributed by atoms with Crippen LogP contribution in [0.15, 0.2) is 0 Å². The second-order valence-electron chi connectivity index (χ2n) is 4.28. The molecule has 0 heterocycles. The van der Waals surface area contributed by atoms with Crippen molar-refractivity contribution in [3.63, 3.8) is 0 Å². The number of aliphatic carboxylic acids is 1. The van der Waals surface area contributed by atoms with Crippen molar-refractivity contribution in [2.45, 2.75) is 39.2 Å². The molecule has 0 saturated heterocycles. The monoisotopic (exact) mass is 296 g/mol. The van der Waals surface area contributed by atoms with Crippen molar-refractivity contribution < 1.29 is 23.4 Å². The highest BCUT2D eigenvalue weighted by Crippen LogP contribution is 2.16. The van der Waals surface area contributed by atoms with Crippen molar-refractivity contribution in [3.8, 4) is 0 Å². The molecule has 0 aromatic heterocycles. The molecule has 0 fully saturated rings. The number of carboxylic acids is 1. The molecule has 19 heavy (non-hydrogen) atoms. The van der Waals surface area contributed by atoms with E-state index in [0.29, 0.717) is 12.8 Å². The lowest BCUT2D eigenvalue weighted by atomic mass is 10.2. The summed E-state index contributed by atoms with van der Waals surface area (Å²) in [5.74, 6) is -1.04. The van der Waals surface area contributed by atoms with Crippen LogP contribution in [0.3, 0.4) is 0 Å². The first kappa shape index (κ1) is 18.3. The van der Waals surface area contributed by atoms with Crippen LogP contribution >= 0.6 is 0 Å². The van der Waals surface area contributed by atoms with Gasteiger partial charge in [0, 0.05) is 26.2 Å². The van der Waals surface area contributed by atoms with E-state index in [1.54, 1.807) is 0 Å². The molecule has 0 aromatic carbocycles. The normalized spacial score (nSPS) is 12.6. The zero-order chi connectivity index (χ0) is 15.1. The van der Waals surface area contributed by atoms with E-state index in [0.717, 1.165) is 4.31 Å². The highest BCUT2D eigenvalue weighted by atomic mass is 32.2. The number of rotatable bonds is 10. The van der Waals surface area contributed by atoms with E-state index in [2.05, 4.69) is 0 Å². The van der Waals surface area contributed by atoms with Crippen molar-refractivity contribution in [2.75, 3.05) is 26.7 Å². The minimum atomic E-state index is -3.74. The van der Waals surface area contributed by atoms with Crippen LogP contribution in [-0.2, 0) is 15.0 Å². The first-order valence-electron chi connectivity index (χ1n) is 6.36. The molecule has 0 amide bonds. The second kappa shape index (κ2) is 8.47. The van der Waals surface area contributed by atoms with E-state index in [9.17, 15) is 13.2 Å². The summed E-state index contributed by atoms with van der Waals surface area (Å²) in [6.07, 6.45) is 1.04. The summed E-state index contributed by atoms with van der Waals surface area (Å²) in [5.41, 5.74) is 0. The Labute approximate surface area is 115 Å². The highest BCUT2D eigenvalue weighted by molar-refractivity contribution is 7.86. The average Bonchev–Trinajstić information content (AvgIpc) is 2.35. The van der Waals surface area contributed by atoms with E-state index >= 15 is 0 Å². The van der Waals surface area contributed by atoms with Gasteiger partial charge in [0.2, 0.25) is 0 Å². The topological polar surface area (TPSA) is 98.2 Å². The lowest BCUT2D eigenvalue weighted by Crippen LogP contribution is -2.48. The molecule has 0 unspecified atom stereocenters. The maximum Gasteiger partial charge on any atom is 0.304 e. The summed E-state index contributed by atoms with van der Waals surface area (Å²) < 4.78 is 26.9. The van der Waals surface area contributed by atoms with Crippen LogP contribution in [0.25, 0.3) is 0 Å². The molecule has 0 aromatic rings. The fraction of sp³-hybridized carbons (Fsp3) is 0.909. The third-order valence-corrected chi connectivity index (χ3v) is 5.04. The average molecular weight is 296 g/mol. The quantitative estimate of drug-likeness (QED) is 0.597. The van der Waals surface area contributed by atoms with Crippen LogP contribution < -0.4 is 0 Å². The van der Waals surface area contributed by atoms with Crippen molar-refractivity contribution in [2.24, 2.45) is 0 Å². The molecule has 7 nitrogen and oxygen atoms in total. The van der Waals surface area contributed by atoms with E-state index in [1.165, 1.54) is 11.4 Å². The minimum Gasteiger partial charge on any atom is -0.481 e. The minimum absolute atomic E-state index is 0.0199. The van der Waals surface area contributed by atoms with Gasteiger partial charge in [-0.3, -0.25) is 4.79 Å². The Hall–Kier alpha value is -0.700. The Kier molecular flexibility index (Phi) is 8.15. The van der Waals surface area contributed by atoms with Crippen LogP contribution in [0.2, 0.25) is 0 Å². The van der Waals surface area contributed by atoms with Gasteiger partial charge in [-0.25, -0.2) is 0 Å². The molecule has 0 spiro atoms. The fourth-order valence-electron chi connectivity index (χ4n) is 1.83. The highest BCUT2D eigenvalue weighted by Gasteiger charge is 2.31. The summed E-state index contributed by atoms with van der Waals surface area (Å²) in [6.45, 7) is 3.44. The molecular weight excluding hydrogens is 272 g/mol. The van der Waals surface area contributed by atoms with Gasteiger partial charge in [0.15, 0.2) is 0 Å². The van der Waals surface area contributed by atoms with E-state index in [4.69, 9.17) is 10.2 Å². The van der Waals surface area contributed by atoms with Crippen LogP contribution in [0, 0.1) is 0 Å². The molecule has 114 valence electrons. The Morgan fingerprint density at radius 3 is 2.11 bits per heavy atom. The van der Waals surface area contributed by atoms with Gasteiger partial charge in [-0.1, -0.05) is 13.8 Å². The standard InChI is InChI=1S/C11H24N2O5S/c1-4-10(5-2)13(8-9-14)19(17,18)12(3)7-6-11(15)16/h10,14H,4-9H2,1-3H3,(H,15,16). The maximum absolute atomic E-state index is 12.3. The van der Waals surface area contributed by atoms with Crippen LogP contribution in [0.1, 0.15) is 33.1 Å².